The first kappa shape index (κ1) is 24.2. The highest BCUT2D eigenvalue weighted by atomic mass is 127. The average Bonchev–Trinajstić information content (AvgIpc) is 3.36. The van der Waals surface area contributed by atoms with Gasteiger partial charge in [0.2, 0.25) is 0 Å². The summed E-state index contributed by atoms with van der Waals surface area (Å²) in [5.74, 6) is 0.889. The first-order valence-corrected chi connectivity index (χ1v) is 10.3. The Hall–Kier alpha value is -2.07. The largest absolute Gasteiger partial charge is 0.459 e. The molecule has 1 fully saturated rings. The van der Waals surface area contributed by atoms with Gasteiger partial charge in [0.25, 0.3) is 5.91 Å². The van der Waals surface area contributed by atoms with Gasteiger partial charge in [-0.1, -0.05) is 30.3 Å². The minimum absolute atomic E-state index is 0. The number of hydrogen-bond donors (Lipinski definition) is 3. The van der Waals surface area contributed by atoms with Crippen LogP contribution in [0.3, 0.4) is 0 Å². The van der Waals surface area contributed by atoms with E-state index in [2.05, 4.69) is 70.0 Å². The Labute approximate surface area is 195 Å². The molecule has 1 aromatic carbocycles. The van der Waals surface area contributed by atoms with Crippen molar-refractivity contribution in [2.24, 2.45) is 4.99 Å². The van der Waals surface area contributed by atoms with Crippen molar-refractivity contribution < 1.29 is 9.21 Å². The molecule has 0 saturated carbocycles. The van der Waals surface area contributed by atoms with Crippen LogP contribution in [0.2, 0.25) is 0 Å². The fourth-order valence-corrected chi connectivity index (χ4v) is 3.59. The molecule has 0 bridgehead atoms. The Morgan fingerprint density at radius 3 is 2.70 bits per heavy atom. The zero-order valence-corrected chi connectivity index (χ0v) is 20.0. The van der Waals surface area contributed by atoms with Crippen molar-refractivity contribution in [2.75, 3.05) is 26.2 Å². The van der Waals surface area contributed by atoms with Crippen molar-refractivity contribution >= 4 is 35.8 Å². The molecule has 3 rings (SSSR count). The van der Waals surface area contributed by atoms with E-state index in [0.717, 1.165) is 32.0 Å². The normalized spacial score (nSPS) is 19.2. The van der Waals surface area contributed by atoms with Crippen LogP contribution in [0.1, 0.15) is 36.4 Å². The summed E-state index contributed by atoms with van der Waals surface area (Å²) < 4.78 is 5.09. The molecule has 30 heavy (non-hydrogen) atoms. The molecule has 3 N–H and O–H groups in total. The van der Waals surface area contributed by atoms with Gasteiger partial charge in [0.1, 0.15) is 0 Å². The summed E-state index contributed by atoms with van der Waals surface area (Å²) >= 11 is 0. The fourth-order valence-electron chi connectivity index (χ4n) is 3.59. The molecule has 2 unspecified atom stereocenters. The molecule has 1 amide bonds. The third-order valence-corrected chi connectivity index (χ3v) is 5.03. The Bertz CT molecular complexity index is 782. The number of aliphatic imine (C=N–C) groups is 1. The molecule has 0 aliphatic carbocycles. The van der Waals surface area contributed by atoms with Gasteiger partial charge in [0.05, 0.1) is 12.8 Å². The molecule has 7 nitrogen and oxygen atoms in total. The van der Waals surface area contributed by atoms with Crippen LogP contribution in [0.15, 0.2) is 58.1 Å². The van der Waals surface area contributed by atoms with E-state index >= 15 is 0 Å². The molecule has 2 heterocycles. The second-order valence-corrected chi connectivity index (χ2v) is 7.33. The van der Waals surface area contributed by atoms with Crippen LogP contribution < -0.4 is 16.0 Å². The molecule has 0 radical (unpaired) electrons. The summed E-state index contributed by atoms with van der Waals surface area (Å²) in [5.41, 5.74) is 1.34. The third kappa shape index (κ3) is 7.32. The van der Waals surface area contributed by atoms with Crippen LogP contribution in [0, 0.1) is 0 Å². The van der Waals surface area contributed by atoms with E-state index in [0.29, 0.717) is 30.9 Å². The SMILES string of the molecule is CCNC(=NCCNC(=O)c1ccco1)NC1CC(C)N(Cc2ccccc2)C1.I. The molecule has 2 aromatic rings. The highest BCUT2D eigenvalue weighted by molar-refractivity contribution is 14.0. The van der Waals surface area contributed by atoms with Gasteiger partial charge >= 0.3 is 0 Å². The number of furan rings is 1. The molecule has 1 aliphatic heterocycles. The topological polar surface area (TPSA) is 81.9 Å². The fraction of sp³-hybridized carbons (Fsp3) is 0.455. The van der Waals surface area contributed by atoms with Gasteiger partial charge in [0.15, 0.2) is 11.7 Å². The van der Waals surface area contributed by atoms with Gasteiger partial charge in [0, 0.05) is 38.3 Å². The van der Waals surface area contributed by atoms with Gasteiger partial charge in [-0.05, 0) is 38.0 Å². The zero-order valence-electron chi connectivity index (χ0n) is 17.6. The number of rotatable bonds is 8. The van der Waals surface area contributed by atoms with Gasteiger partial charge in [-0.3, -0.25) is 14.7 Å². The average molecular weight is 525 g/mol. The van der Waals surface area contributed by atoms with Crippen LogP contribution in [-0.2, 0) is 6.54 Å². The highest BCUT2D eigenvalue weighted by Gasteiger charge is 2.29. The maximum atomic E-state index is 11.9. The summed E-state index contributed by atoms with van der Waals surface area (Å²) in [6, 6.07) is 14.8. The van der Waals surface area contributed by atoms with Crippen molar-refractivity contribution in [3.63, 3.8) is 0 Å². The second kappa shape index (κ2) is 12.6. The van der Waals surface area contributed by atoms with E-state index in [1.54, 1.807) is 12.1 Å². The van der Waals surface area contributed by atoms with Crippen LogP contribution in [-0.4, -0.2) is 55.0 Å². The summed E-state index contributed by atoms with van der Waals surface area (Å²) in [7, 11) is 0. The molecule has 1 aromatic heterocycles. The van der Waals surface area contributed by atoms with Crippen molar-refractivity contribution in [3.05, 3.63) is 60.1 Å². The Kier molecular flexibility index (Phi) is 10.2. The molecule has 1 aliphatic rings. The maximum absolute atomic E-state index is 11.9. The number of guanidine groups is 1. The quantitative estimate of drug-likeness (QED) is 0.214. The van der Waals surface area contributed by atoms with Crippen LogP contribution in [0.5, 0.6) is 0 Å². The predicted octanol–water partition coefficient (Wildman–Crippen LogP) is 2.85. The monoisotopic (exact) mass is 525 g/mol. The molecule has 8 heteroatoms. The number of carbonyl (C=O) groups is 1. The van der Waals surface area contributed by atoms with Crippen LogP contribution >= 0.6 is 24.0 Å². The minimum atomic E-state index is -0.218. The van der Waals surface area contributed by atoms with Crippen molar-refractivity contribution in [3.8, 4) is 0 Å². The maximum Gasteiger partial charge on any atom is 0.287 e. The standard InChI is InChI=1S/C22H31N5O2.HI/c1-3-23-22(25-12-11-24-21(28)20-10-7-13-29-20)26-19-14-17(2)27(16-19)15-18-8-5-4-6-9-18;/h4-10,13,17,19H,3,11-12,14-16H2,1-2H3,(H,24,28)(H2,23,25,26);1H. The Morgan fingerprint density at radius 1 is 1.20 bits per heavy atom. The van der Waals surface area contributed by atoms with Gasteiger partial charge < -0.3 is 20.4 Å². The van der Waals surface area contributed by atoms with E-state index < -0.39 is 0 Å². The summed E-state index contributed by atoms with van der Waals surface area (Å²) in [4.78, 5) is 19.0. The number of carbonyl (C=O) groups excluding carboxylic acids is 1. The van der Waals surface area contributed by atoms with Gasteiger partial charge in [-0.15, -0.1) is 24.0 Å². The number of hydrogen-bond acceptors (Lipinski definition) is 4. The smallest absolute Gasteiger partial charge is 0.287 e. The molecule has 1 saturated heterocycles. The zero-order chi connectivity index (χ0) is 20.5. The first-order chi connectivity index (χ1) is 14.2. The molecule has 2 atom stereocenters. The van der Waals surface area contributed by atoms with E-state index in [1.807, 2.05) is 0 Å². The number of amides is 1. The summed E-state index contributed by atoms with van der Waals surface area (Å²) in [6.07, 6.45) is 2.57. The number of nitrogens with one attached hydrogen (secondary N) is 3. The Morgan fingerprint density at radius 2 is 2.00 bits per heavy atom. The lowest BCUT2D eigenvalue weighted by Crippen LogP contribution is -2.45. The van der Waals surface area contributed by atoms with Gasteiger partial charge in [-0.2, -0.15) is 0 Å². The van der Waals surface area contributed by atoms with E-state index in [1.165, 1.54) is 11.8 Å². The summed E-state index contributed by atoms with van der Waals surface area (Å²) in [6.45, 7) is 8.02. The van der Waals surface area contributed by atoms with Crippen LogP contribution in [0.4, 0.5) is 0 Å². The first-order valence-electron chi connectivity index (χ1n) is 10.3. The predicted molar refractivity (Wildman–Crippen MR) is 130 cm³/mol. The minimum Gasteiger partial charge on any atom is -0.459 e. The molecular weight excluding hydrogens is 493 g/mol. The number of halogens is 1. The third-order valence-electron chi connectivity index (χ3n) is 5.03. The van der Waals surface area contributed by atoms with Crippen molar-refractivity contribution in [1.29, 1.82) is 0 Å². The lowest BCUT2D eigenvalue weighted by molar-refractivity contribution is 0.0927. The van der Waals surface area contributed by atoms with Crippen molar-refractivity contribution in [2.45, 2.75) is 38.9 Å². The number of benzene rings is 1. The lowest BCUT2D eigenvalue weighted by atomic mass is 10.2. The van der Waals surface area contributed by atoms with E-state index in [-0.39, 0.29) is 29.9 Å². The number of likely N-dealkylation sites (tertiary alicyclic amines) is 1. The molecule has 0 spiro atoms. The van der Waals surface area contributed by atoms with Crippen molar-refractivity contribution in [1.82, 2.24) is 20.9 Å². The number of nitrogens with zero attached hydrogens (tertiary/aromatic N) is 2. The highest BCUT2D eigenvalue weighted by Crippen LogP contribution is 2.20. The Balaban J connectivity index is 0.00000320. The molecular formula is C22H32IN5O2. The lowest BCUT2D eigenvalue weighted by Gasteiger charge is -2.21. The van der Waals surface area contributed by atoms with Crippen LogP contribution in [0.25, 0.3) is 0 Å². The van der Waals surface area contributed by atoms with Gasteiger partial charge in [-0.25, -0.2) is 0 Å². The molecule has 164 valence electrons. The summed E-state index contributed by atoms with van der Waals surface area (Å²) in [5, 5.41) is 9.65. The van der Waals surface area contributed by atoms with E-state index in [4.69, 9.17) is 4.42 Å². The van der Waals surface area contributed by atoms with E-state index in [9.17, 15) is 4.79 Å². The second-order valence-electron chi connectivity index (χ2n) is 7.33.